The summed E-state index contributed by atoms with van der Waals surface area (Å²) in [7, 11) is 0. The summed E-state index contributed by atoms with van der Waals surface area (Å²) in [5, 5.41) is 17.6. The molecule has 140 valence electrons. The minimum Gasteiger partial charge on any atom is -0.409 e. The van der Waals surface area contributed by atoms with Gasteiger partial charge in [-0.25, -0.2) is 0 Å². The summed E-state index contributed by atoms with van der Waals surface area (Å²) in [6, 6.07) is 17.6. The summed E-state index contributed by atoms with van der Waals surface area (Å²) in [4.78, 5) is 0. The summed E-state index contributed by atoms with van der Waals surface area (Å²) < 4.78 is 1.74. The number of oxime groups is 1. The van der Waals surface area contributed by atoms with E-state index in [2.05, 4.69) is 55.3 Å². The average molecular weight is 383 g/mol. The van der Waals surface area contributed by atoms with E-state index < -0.39 is 0 Å². The van der Waals surface area contributed by atoms with Crippen LogP contribution in [0.25, 0.3) is 11.3 Å². The van der Waals surface area contributed by atoms with Gasteiger partial charge < -0.3 is 10.9 Å². The fraction of sp³-hybridized carbons (Fsp3) is 0.238. The zero-order valence-corrected chi connectivity index (χ0v) is 16.4. The highest BCUT2D eigenvalue weighted by molar-refractivity contribution is 6.30. The molecule has 0 unspecified atom stereocenters. The molecule has 3 rings (SSSR count). The van der Waals surface area contributed by atoms with Crippen LogP contribution < -0.4 is 5.73 Å². The fourth-order valence-electron chi connectivity index (χ4n) is 2.84. The first-order valence-electron chi connectivity index (χ1n) is 8.69. The first kappa shape index (κ1) is 19.0. The largest absolute Gasteiger partial charge is 0.409 e. The molecule has 0 bridgehead atoms. The number of rotatable bonds is 4. The van der Waals surface area contributed by atoms with Crippen molar-refractivity contribution in [3.63, 3.8) is 0 Å². The van der Waals surface area contributed by atoms with Gasteiger partial charge >= 0.3 is 0 Å². The molecule has 0 aliphatic carbocycles. The standard InChI is InChI=1S/C21H23ClN4O/c1-21(2,3)16-8-4-14(5-9-16)13-26-19(20(23)25-27)12-18(24-26)15-6-10-17(22)11-7-15/h4-12,27H,13H2,1-3H3,(H2,23,25). The van der Waals surface area contributed by atoms with Crippen LogP contribution in [0.15, 0.2) is 59.8 Å². The zero-order chi connectivity index (χ0) is 19.6. The number of hydrogen-bond acceptors (Lipinski definition) is 3. The molecular formula is C21H23ClN4O. The van der Waals surface area contributed by atoms with Crippen molar-refractivity contribution >= 4 is 17.4 Å². The molecule has 27 heavy (non-hydrogen) atoms. The topological polar surface area (TPSA) is 76.4 Å². The lowest BCUT2D eigenvalue weighted by molar-refractivity contribution is 0.318. The van der Waals surface area contributed by atoms with Gasteiger partial charge in [0, 0.05) is 10.6 Å². The Morgan fingerprint density at radius 1 is 1.11 bits per heavy atom. The molecule has 1 heterocycles. The molecule has 3 aromatic rings. The quantitative estimate of drug-likeness (QED) is 0.298. The van der Waals surface area contributed by atoms with E-state index >= 15 is 0 Å². The second-order valence-electron chi connectivity index (χ2n) is 7.51. The molecule has 6 heteroatoms. The maximum Gasteiger partial charge on any atom is 0.188 e. The summed E-state index contributed by atoms with van der Waals surface area (Å²) in [5.41, 5.74) is 10.5. The molecule has 0 amide bonds. The lowest BCUT2D eigenvalue weighted by atomic mass is 9.87. The normalized spacial score (nSPS) is 12.4. The van der Waals surface area contributed by atoms with Gasteiger partial charge in [0.05, 0.1) is 12.2 Å². The highest BCUT2D eigenvalue weighted by Gasteiger charge is 2.15. The molecule has 3 N–H and O–H groups in total. The van der Waals surface area contributed by atoms with Crippen molar-refractivity contribution in [3.8, 4) is 11.3 Å². The van der Waals surface area contributed by atoms with Crippen molar-refractivity contribution in [2.24, 2.45) is 10.9 Å². The van der Waals surface area contributed by atoms with Crippen LogP contribution in [-0.4, -0.2) is 20.8 Å². The number of halogens is 1. The van der Waals surface area contributed by atoms with Gasteiger partial charge in [-0.3, -0.25) is 4.68 Å². The van der Waals surface area contributed by atoms with Crippen molar-refractivity contribution < 1.29 is 5.21 Å². The number of nitrogens with two attached hydrogens (primary N) is 1. The van der Waals surface area contributed by atoms with Crippen molar-refractivity contribution in [2.45, 2.75) is 32.7 Å². The van der Waals surface area contributed by atoms with Gasteiger partial charge in [-0.05, 0) is 34.7 Å². The lowest BCUT2D eigenvalue weighted by Gasteiger charge is -2.19. The second kappa shape index (κ2) is 7.45. The molecule has 1 aromatic heterocycles. The van der Waals surface area contributed by atoms with Crippen LogP contribution in [0.2, 0.25) is 5.02 Å². The van der Waals surface area contributed by atoms with Crippen LogP contribution in [-0.2, 0) is 12.0 Å². The molecule has 5 nitrogen and oxygen atoms in total. The van der Waals surface area contributed by atoms with E-state index in [4.69, 9.17) is 22.5 Å². The molecule has 2 aromatic carbocycles. The molecule has 0 radical (unpaired) electrons. The van der Waals surface area contributed by atoms with Crippen molar-refractivity contribution in [1.82, 2.24) is 9.78 Å². The predicted molar refractivity (Wildman–Crippen MR) is 109 cm³/mol. The van der Waals surface area contributed by atoms with Crippen LogP contribution in [0.4, 0.5) is 0 Å². The highest BCUT2D eigenvalue weighted by Crippen LogP contribution is 2.24. The van der Waals surface area contributed by atoms with Crippen LogP contribution in [0.5, 0.6) is 0 Å². The molecule has 0 aliphatic rings. The van der Waals surface area contributed by atoms with E-state index in [0.717, 1.165) is 16.8 Å². The van der Waals surface area contributed by atoms with Crippen molar-refractivity contribution in [3.05, 3.63) is 76.4 Å². The van der Waals surface area contributed by atoms with Gasteiger partial charge in [-0.2, -0.15) is 5.10 Å². The number of amidine groups is 1. The number of hydrogen-bond donors (Lipinski definition) is 2. The Kier molecular flexibility index (Phi) is 5.24. The Hall–Kier alpha value is -2.79. The van der Waals surface area contributed by atoms with Crippen LogP contribution in [0.3, 0.4) is 0 Å². The minimum absolute atomic E-state index is 0.0222. The first-order chi connectivity index (χ1) is 12.8. The number of aromatic nitrogens is 2. The Morgan fingerprint density at radius 3 is 2.30 bits per heavy atom. The van der Waals surface area contributed by atoms with E-state index in [1.54, 1.807) is 4.68 Å². The molecular weight excluding hydrogens is 360 g/mol. The Morgan fingerprint density at radius 2 is 1.74 bits per heavy atom. The SMILES string of the molecule is CC(C)(C)c1ccc(Cn2nc(-c3ccc(Cl)cc3)cc2/C(N)=N/O)cc1. The predicted octanol–water partition coefficient (Wildman–Crippen LogP) is 4.64. The maximum atomic E-state index is 9.13. The molecule has 0 atom stereocenters. The Labute approximate surface area is 164 Å². The molecule has 0 aliphatic heterocycles. The van der Waals surface area contributed by atoms with E-state index in [1.807, 2.05) is 30.3 Å². The van der Waals surface area contributed by atoms with E-state index in [1.165, 1.54) is 5.56 Å². The second-order valence-corrected chi connectivity index (χ2v) is 7.95. The summed E-state index contributed by atoms with van der Waals surface area (Å²) in [6.07, 6.45) is 0. The Balaban J connectivity index is 1.95. The van der Waals surface area contributed by atoms with Gasteiger partial charge in [-0.1, -0.05) is 73.9 Å². The number of benzene rings is 2. The van der Waals surface area contributed by atoms with Gasteiger partial charge in [-0.15, -0.1) is 0 Å². The first-order valence-corrected chi connectivity index (χ1v) is 9.07. The average Bonchev–Trinajstić information content (AvgIpc) is 3.05. The third-order valence-electron chi connectivity index (χ3n) is 4.44. The highest BCUT2D eigenvalue weighted by atomic mass is 35.5. The van der Waals surface area contributed by atoms with Crippen molar-refractivity contribution in [2.75, 3.05) is 0 Å². The van der Waals surface area contributed by atoms with E-state index in [0.29, 0.717) is 17.3 Å². The van der Waals surface area contributed by atoms with Gasteiger partial charge in [0.1, 0.15) is 5.69 Å². The monoisotopic (exact) mass is 382 g/mol. The molecule has 0 saturated carbocycles. The van der Waals surface area contributed by atoms with Crippen LogP contribution >= 0.6 is 11.6 Å². The summed E-state index contributed by atoms with van der Waals surface area (Å²) in [6.45, 7) is 7.07. The van der Waals surface area contributed by atoms with Crippen LogP contribution in [0, 0.1) is 0 Å². The third-order valence-corrected chi connectivity index (χ3v) is 4.69. The van der Waals surface area contributed by atoms with Crippen LogP contribution in [0.1, 0.15) is 37.6 Å². The molecule has 0 spiro atoms. The fourth-order valence-corrected chi connectivity index (χ4v) is 2.97. The van der Waals surface area contributed by atoms with Gasteiger partial charge in [0.15, 0.2) is 5.84 Å². The lowest BCUT2D eigenvalue weighted by Crippen LogP contribution is -2.19. The molecule has 0 saturated heterocycles. The van der Waals surface area contributed by atoms with E-state index in [-0.39, 0.29) is 11.3 Å². The summed E-state index contributed by atoms with van der Waals surface area (Å²) >= 11 is 5.96. The molecule has 0 fully saturated rings. The smallest absolute Gasteiger partial charge is 0.188 e. The minimum atomic E-state index is 0.0222. The zero-order valence-electron chi connectivity index (χ0n) is 15.6. The Bertz CT molecular complexity index is 951. The van der Waals surface area contributed by atoms with E-state index in [9.17, 15) is 0 Å². The maximum absolute atomic E-state index is 9.13. The third kappa shape index (κ3) is 4.31. The number of nitrogens with zero attached hydrogens (tertiary/aromatic N) is 3. The van der Waals surface area contributed by atoms with Crippen molar-refractivity contribution in [1.29, 1.82) is 0 Å². The van der Waals surface area contributed by atoms with Gasteiger partial charge in [0.25, 0.3) is 0 Å². The van der Waals surface area contributed by atoms with Gasteiger partial charge in [0.2, 0.25) is 0 Å². The summed E-state index contributed by atoms with van der Waals surface area (Å²) in [5.74, 6) is 0.0222.